The van der Waals surface area contributed by atoms with Crippen LogP contribution in [-0.2, 0) is 9.53 Å². The van der Waals surface area contributed by atoms with Crippen molar-refractivity contribution in [3.8, 4) is 0 Å². The minimum Gasteiger partial charge on any atom is -0.469 e. The topological polar surface area (TPSA) is 38.3 Å². The van der Waals surface area contributed by atoms with Crippen molar-refractivity contribution >= 4 is 11.7 Å². The molecule has 5 heteroatoms. The van der Waals surface area contributed by atoms with Crippen LogP contribution in [0.5, 0.6) is 0 Å². The summed E-state index contributed by atoms with van der Waals surface area (Å²) in [4.78, 5) is 11.4. The molecule has 1 aromatic carbocycles. The first-order valence-corrected chi connectivity index (χ1v) is 5.13. The SMILES string of the molecule is COC(=O)C(C)(C)CNc1cc(F)cc(F)c1. The van der Waals surface area contributed by atoms with Gasteiger partial charge in [0.15, 0.2) is 0 Å². The lowest BCUT2D eigenvalue weighted by Crippen LogP contribution is -2.33. The van der Waals surface area contributed by atoms with Crippen LogP contribution in [0, 0.1) is 17.0 Å². The maximum absolute atomic E-state index is 12.9. The standard InChI is InChI=1S/C12H15F2NO2/c1-12(2,11(16)17-3)7-15-10-5-8(13)4-9(14)6-10/h4-6,15H,7H2,1-3H3. The van der Waals surface area contributed by atoms with Gasteiger partial charge in [0.2, 0.25) is 0 Å². The molecule has 0 bridgehead atoms. The first-order chi connectivity index (χ1) is 7.85. The average molecular weight is 243 g/mol. The van der Waals surface area contributed by atoms with Gasteiger partial charge in [-0.3, -0.25) is 4.79 Å². The molecule has 0 atom stereocenters. The van der Waals surface area contributed by atoms with Crippen molar-refractivity contribution < 1.29 is 18.3 Å². The van der Waals surface area contributed by atoms with Gasteiger partial charge in [0.25, 0.3) is 0 Å². The maximum Gasteiger partial charge on any atom is 0.313 e. The number of carbonyl (C=O) groups is 1. The van der Waals surface area contributed by atoms with Crippen molar-refractivity contribution in [3.63, 3.8) is 0 Å². The van der Waals surface area contributed by atoms with Crippen LogP contribution >= 0.6 is 0 Å². The minimum atomic E-state index is -0.766. The summed E-state index contributed by atoms with van der Waals surface area (Å²) >= 11 is 0. The van der Waals surface area contributed by atoms with Crippen LogP contribution < -0.4 is 5.32 Å². The van der Waals surface area contributed by atoms with Crippen molar-refractivity contribution in [2.75, 3.05) is 19.0 Å². The second-order valence-electron chi connectivity index (χ2n) is 4.39. The van der Waals surface area contributed by atoms with E-state index < -0.39 is 17.0 Å². The Morgan fingerprint density at radius 2 is 1.82 bits per heavy atom. The van der Waals surface area contributed by atoms with Crippen LogP contribution in [-0.4, -0.2) is 19.6 Å². The summed E-state index contributed by atoms with van der Waals surface area (Å²) in [5.74, 6) is -1.71. The zero-order valence-corrected chi connectivity index (χ0v) is 10.0. The van der Waals surface area contributed by atoms with Crippen LogP contribution in [0.2, 0.25) is 0 Å². The Balaban J connectivity index is 2.70. The Hall–Kier alpha value is -1.65. The van der Waals surface area contributed by atoms with E-state index in [-0.39, 0.29) is 12.5 Å². The number of carbonyl (C=O) groups excluding carboxylic acids is 1. The van der Waals surface area contributed by atoms with Crippen molar-refractivity contribution in [1.82, 2.24) is 0 Å². The fraction of sp³-hybridized carbons (Fsp3) is 0.417. The summed E-state index contributed by atoms with van der Waals surface area (Å²) < 4.78 is 30.4. The van der Waals surface area contributed by atoms with E-state index in [1.54, 1.807) is 13.8 Å². The summed E-state index contributed by atoms with van der Waals surface area (Å²) in [5.41, 5.74) is -0.475. The van der Waals surface area contributed by atoms with Crippen LogP contribution in [0.3, 0.4) is 0 Å². The van der Waals surface area contributed by atoms with Crippen molar-refractivity contribution in [2.24, 2.45) is 5.41 Å². The zero-order chi connectivity index (χ0) is 13.1. The summed E-state index contributed by atoms with van der Waals surface area (Å²) in [5, 5.41) is 2.80. The van der Waals surface area contributed by atoms with Crippen molar-refractivity contribution in [1.29, 1.82) is 0 Å². The first kappa shape index (κ1) is 13.4. The molecule has 1 aromatic rings. The van der Waals surface area contributed by atoms with E-state index in [0.717, 1.165) is 18.2 Å². The number of benzene rings is 1. The predicted molar refractivity (Wildman–Crippen MR) is 60.6 cm³/mol. The number of hydrogen-bond acceptors (Lipinski definition) is 3. The number of rotatable bonds is 4. The highest BCUT2D eigenvalue weighted by atomic mass is 19.1. The largest absolute Gasteiger partial charge is 0.469 e. The van der Waals surface area contributed by atoms with Gasteiger partial charge >= 0.3 is 5.97 Å². The molecule has 0 aliphatic carbocycles. The van der Waals surface area contributed by atoms with Crippen molar-refractivity contribution in [2.45, 2.75) is 13.8 Å². The number of methoxy groups -OCH3 is 1. The third kappa shape index (κ3) is 3.69. The summed E-state index contributed by atoms with van der Waals surface area (Å²) in [6, 6.07) is 3.11. The highest BCUT2D eigenvalue weighted by molar-refractivity contribution is 5.76. The van der Waals surface area contributed by atoms with Gasteiger partial charge in [0.1, 0.15) is 11.6 Å². The third-order valence-corrected chi connectivity index (χ3v) is 2.33. The lowest BCUT2D eigenvalue weighted by atomic mass is 9.93. The molecule has 0 heterocycles. The Morgan fingerprint density at radius 3 is 2.29 bits per heavy atom. The molecule has 0 aliphatic heterocycles. The molecule has 0 spiro atoms. The Morgan fingerprint density at radius 1 is 1.29 bits per heavy atom. The van der Waals surface area contributed by atoms with Crippen LogP contribution in [0.4, 0.5) is 14.5 Å². The molecule has 0 fully saturated rings. The van der Waals surface area contributed by atoms with Gasteiger partial charge in [-0.2, -0.15) is 0 Å². The quantitative estimate of drug-likeness (QED) is 0.826. The molecule has 0 aliphatic rings. The van der Waals surface area contributed by atoms with Gasteiger partial charge in [-0.25, -0.2) is 8.78 Å². The summed E-state index contributed by atoms with van der Waals surface area (Å²) in [6.45, 7) is 3.59. The van der Waals surface area contributed by atoms with E-state index in [1.807, 2.05) is 0 Å². The van der Waals surface area contributed by atoms with Gasteiger partial charge in [-0.05, 0) is 26.0 Å². The molecule has 0 saturated heterocycles. The molecule has 0 saturated carbocycles. The van der Waals surface area contributed by atoms with E-state index in [2.05, 4.69) is 10.1 Å². The number of esters is 1. The van der Waals surface area contributed by atoms with E-state index in [4.69, 9.17) is 0 Å². The first-order valence-electron chi connectivity index (χ1n) is 5.13. The minimum absolute atomic E-state index is 0.225. The number of halogens is 2. The fourth-order valence-corrected chi connectivity index (χ4v) is 1.33. The van der Waals surface area contributed by atoms with E-state index in [0.29, 0.717) is 5.69 Å². The number of anilines is 1. The predicted octanol–water partition coefficient (Wildman–Crippen LogP) is 2.58. The monoisotopic (exact) mass is 243 g/mol. The number of nitrogens with one attached hydrogen (secondary N) is 1. The lowest BCUT2D eigenvalue weighted by Gasteiger charge is -2.22. The van der Waals surface area contributed by atoms with E-state index in [1.165, 1.54) is 7.11 Å². The van der Waals surface area contributed by atoms with Gasteiger partial charge in [-0.1, -0.05) is 0 Å². The summed E-state index contributed by atoms with van der Waals surface area (Å²) in [6.07, 6.45) is 0. The maximum atomic E-state index is 12.9. The normalized spacial score (nSPS) is 11.1. The Bertz CT molecular complexity index is 399. The molecular formula is C12H15F2NO2. The van der Waals surface area contributed by atoms with Crippen LogP contribution in [0.25, 0.3) is 0 Å². The molecule has 0 radical (unpaired) electrons. The van der Waals surface area contributed by atoms with Gasteiger partial charge < -0.3 is 10.1 Å². The van der Waals surface area contributed by atoms with Gasteiger partial charge in [0.05, 0.1) is 12.5 Å². The molecule has 0 unspecified atom stereocenters. The molecule has 94 valence electrons. The highest BCUT2D eigenvalue weighted by Gasteiger charge is 2.28. The lowest BCUT2D eigenvalue weighted by molar-refractivity contribution is -0.149. The Kier molecular flexibility index (Phi) is 4.04. The van der Waals surface area contributed by atoms with Crippen LogP contribution in [0.1, 0.15) is 13.8 Å². The smallest absolute Gasteiger partial charge is 0.313 e. The van der Waals surface area contributed by atoms with Crippen molar-refractivity contribution in [3.05, 3.63) is 29.8 Å². The van der Waals surface area contributed by atoms with Gasteiger partial charge in [0, 0.05) is 18.3 Å². The fourth-order valence-electron chi connectivity index (χ4n) is 1.33. The molecular weight excluding hydrogens is 228 g/mol. The molecule has 0 amide bonds. The van der Waals surface area contributed by atoms with E-state index >= 15 is 0 Å². The molecule has 1 rings (SSSR count). The van der Waals surface area contributed by atoms with E-state index in [9.17, 15) is 13.6 Å². The zero-order valence-electron chi connectivity index (χ0n) is 10.0. The van der Waals surface area contributed by atoms with Gasteiger partial charge in [-0.15, -0.1) is 0 Å². The number of hydrogen-bond donors (Lipinski definition) is 1. The third-order valence-electron chi connectivity index (χ3n) is 2.33. The Labute approximate surface area is 98.8 Å². The summed E-state index contributed by atoms with van der Waals surface area (Å²) in [7, 11) is 1.30. The molecule has 3 nitrogen and oxygen atoms in total. The average Bonchev–Trinajstić information content (AvgIpc) is 2.24. The second kappa shape index (κ2) is 5.12. The molecule has 0 aromatic heterocycles. The molecule has 17 heavy (non-hydrogen) atoms. The second-order valence-corrected chi connectivity index (χ2v) is 4.39. The van der Waals surface area contributed by atoms with Crippen LogP contribution in [0.15, 0.2) is 18.2 Å². The molecule has 1 N–H and O–H groups in total. The number of ether oxygens (including phenoxy) is 1. The highest BCUT2D eigenvalue weighted by Crippen LogP contribution is 2.19.